The molecule has 0 aliphatic heterocycles. The highest BCUT2D eigenvalue weighted by Crippen LogP contribution is 2.12. The number of amidine groups is 1. The van der Waals surface area contributed by atoms with E-state index >= 15 is 0 Å². The van der Waals surface area contributed by atoms with Crippen LogP contribution in [0.2, 0.25) is 0 Å². The molecule has 0 fully saturated rings. The molecule has 1 rings (SSSR count). The van der Waals surface area contributed by atoms with Gasteiger partial charge in [-0.05, 0) is 37.6 Å². The molecule has 18 heavy (non-hydrogen) atoms. The summed E-state index contributed by atoms with van der Waals surface area (Å²) in [6.07, 6.45) is 1.26. The zero-order valence-corrected chi connectivity index (χ0v) is 10.8. The van der Waals surface area contributed by atoms with Crippen LogP contribution in [0.5, 0.6) is 5.75 Å². The van der Waals surface area contributed by atoms with Crippen molar-refractivity contribution in [3.8, 4) is 5.75 Å². The first kappa shape index (κ1) is 14.3. The van der Waals surface area contributed by atoms with E-state index < -0.39 is 0 Å². The van der Waals surface area contributed by atoms with Crippen LogP contribution in [0.15, 0.2) is 29.4 Å². The highest BCUT2D eigenvalue weighted by atomic mass is 16.5. The standard InChI is InChI=1S/C13H20N2O3/c1-3-10(2)17-8-9-18-12-6-4-11(5-7-12)13(14)15-16/h4-7,10,16H,3,8-9H2,1-2H3,(H2,14,15). The van der Waals surface area contributed by atoms with Crippen molar-refractivity contribution < 1.29 is 14.7 Å². The summed E-state index contributed by atoms with van der Waals surface area (Å²) in [6.45, 7) is 5.19. The monoisotopic (exact) mass is 252 g/mol. The van der Waals surface area contributed by atoms with Gasteiger partial charge in [0.2, 0.25) is 0 Å². The summed E-state index contributed by atoms with van der Waals surface area (Å²) in [5, 5.41) is 11.4. The molecule has 0 saturated carbocycles. The number of rotatable bonds is 7. The van der Waals surface area contributed by atoms with Crippen LogP contribution in [-0.4, -0.2) is 30.4 Å². The Morgan fingerprint density at radius 2 is 2.00 bits per heavy atom. The molecule has 3 N–H and O–H groups in total. The third kappa shape index (κ3) is 4.63. The maximum absolute atomic E-state index is 8.52. The molecule has 5 nitrogen and oxygen atoms in total. The van der Waals surface area contributed by atoms with E-state index in [4.69, 9.17) is 20.4 Å². The Balaban J connectivity index is 2.36. The zero-order valence-electron chi connectivity index (χ0n) is 10.8. The molecule has 0 heterocycles. The maximum Gasteiger partial charge on any atom is 0.170 e. The Morgan fingerprint density at radius 1 is 1.33 bits per heavy atom. The van der Waals surface area contributed by atoms with Gasteiger partial charge in [-0.15, -0.1) is 0 Å². The largest absolute Gasteiger partial charge is 0.491 e. The van der Waals surface area contributed by atoms with Crippen LogP contribution in [-0.2, 0) is 4.74 Å². The van der Waals surface area contributed by atoms with Gasteiger partial charge < -0.3 is 20.4 Å². The number of ether oxygens (including phenoxy) is 2. The van der Waals surface area contributed by atoms with Crippen LogP contribution in [0.3, 0.4) is 0 Å². The third-order valence-corrected chi connectivity index (χ3v) is 2.59. The van der Waals surface area contributed by atoms with Crippen molar-refractivity contribution in [3.05, 3.63) is 29.8 Å². The van der Waals surface area contributed by atoms with Gasteiger partial charge in [0.15, 0.2) is 5.84 Å². The van der Waals surface area contributed by atoms with Crippen molar-refractivity contribution in [2.45, 2.75) is 26.4 Å². The molecule has 5 heteroatoms. The smallest absolute Gasteiger partial charge is 0.170 e. The van der Waals surface area contributed by atoms with E-state index in [1.165, 1.54) is 0 Å². The Morgan fingerprint density at radius 3 is 2.56 bits per heavy atom. The molecular formula is C13H20N2O3. The third-order valence-electron chi connectivity index (χ3n) is 2.59. The van der Waals surface area contributed by atoms with E-state index in [1.807, 2.05) is 6.92 Å². The van der Waals surface area contributed by atoms with Crippen LogP contribution < -0.4 is 10.5 Å². The Bertz CT molecular complexity index is 376. The Labute approximate surface area is 107 Å². The summed E-state index contributed by atoms with van der Waals surface area (Å²) in [4.78, 5) is 0. The SMILES string of the molecule is CCC(C)OCCOc1ccc(/C(N)=N/O)cc1. The van der Waals surface area contributed by atoms with Crippen molar-refractivity contribution in [3.63, 3.8) is 0 Å². The molecule has 0 aliphatic rings. The van der Waals surface area contributed by atoms with Crippen LogP contribution in [0.25, 0.3) is 0 Å². The van der Waals surface area contributed by atoms with Crippen molar-refractivity contribution in [2.24, 2.45) is 10.9 Å². The van der Waals surface area contributed by atoms with Gasteiger partial charge in [0.1, 0.15) is 12.4 Å². The summed E-state index contributed by atoms with van der Waals surface area (Å²) in [7, 11) is 0. The highest BCUT2D eigenvalue weighted by molar-refractivity contribution is 5.97. The normalized spacial score (nSPS) is 13.3. The minimum atomic E-state index is 0.0849. The molecule has 100 valence electrons. The number of hydrogen-bond acceptors (Lipinski definition) is 4. The summed E-state index contributed by atoms with van der Waals surface area (Å²) in [5.74, 6) is 0.818. The minimum Gasteiger partial charge on any atom is -0.491 e. The zero-order chi connectivity index (χ0) is 13.4. The first-order valence-electron chi connectivity index (χ1n) is 5.99. The van der Waals surface area contributed by atoms with E-state index in [0.717, 1.165) is 12.2 Å². The van der Waals surface area contributed by atoms with Crippen molar-refractivity contribution >= 4 is 5.84 Å². The molecule has 0 saturated heterocycles. The van der Waals surface area contributed by atoms with Crippen LogP contribution in [0.4, 0.5) is 0 Å². The quantitative estimate of drug-likeness (QED) is 0.256. The summed E-state index contributed by atoms with van der Waals surface area (Å²) in [6, 6.07) is 7.02. The van der Waals surface area contributed by atoms with E-state index in [1.54, 1.807) is 24.3 Å². The summed E-state index contributed by atoms with van der Waals surface area (Å²) >= 11 is 0. The first-order chi connectivity index (χ1) is 8.67. The molecule has 0 aliphatic carbocycles. The predicted octanol–water partition coefficient (Wildman–Crippen LogP) is 1.98. The van der Waals surface area contributed by atoms with Gasteiger partial charge in [0, 0.05) is 5.56 Å². The predicted molar refractivity (Wildman–Crippen MR) is 70.2 cm³/mol. The number of benzene rings is 1. The van der Waals surface area contributed by atoms with E-state index in [-0.39, 0.29) is 11.9 Å². The molecule has 0 spiro atoms. The van der Waals surface area contributed by atoms with Gasteiger partial charge in [-0.25, -0.2) is 0 Å². The maximum atomic E-state index is 8.52. The van der Waals surface area contributed by atoms with Gasteiger partial charge in [-0.1, -0.05) is 12.1 Å². The average Bonchev–Trinajstić information content (AvgIpc) is 2.43. The van der Waals surface area contributed by atoms with Gasteiger partial charge in [0.25, 0.3) is 0 Å². The number of nitrogens with zero attached hydrogens (tertiary/aromatic N) is 1. The minimum absolute atomic E-state index is 0.0849. The van der Waals surface area contributed by atoms with Crippen molar-refractivity contribution in [1.82, 2.24) is 0 Å². The number of oxime groups is 1. The lowest BCUT2D eigenvalue weighted by Gasteiger charge is -2.11. The highest BCUT2D eigenvalue weighted by Gasteiger charge is 2.01. The van der Waals surface area contributed by atoms with Gasteiger partial charge >= 0.3 is 0 Å². The molecule has 0 radical (unpaired) electrons. The first-order valence-corrected chi connectivity index (χ1v) is 5.99. The van der Waals surface area contributed by atoms with Gasteiger partial charge in [0.05, 0.1) is 12.7 Å². The molecule has 1 aromatic rings. The Kier molecular flexibility index (Phi) is 6.00. The Hall–Kier alpha value is -1.75. The lowest BCUT2D eigenvalue weighted by Crippen LogP contribution is -2.14. The number of hydrogen-bond donors (Lipinski definition) is 2. The fraction of sp³-hybridized carbons (Fsp3) is 0.462. The molecular weight excluding hydrogens is 232 g/mol. The van der Waals surface area contributed by atoms with Gasteiger partial charge in [-0.3, -0.25) is 0 Å². The topological polar surface area (TPSA) is 77.1 Å². The van der Waals surface area contributed by atoms with Crippen LogP contribution in [0.1, 0.15) is 25.8 Å². The average molecular weight is 252 g/mol. The summed E-state index contributed by atoms with van der Waals surface area (Å²) < 4.78 is 11.0. The molecule has 1 unspecified atom stereocenters. The van der Waals surface area contributed by atoms with E-state index in [0.29, 0.717) is 18.8 Å². The second-order valence-corrected chi connectivity index (χ2v) is 3.95. The fourth-order valence-electron chi connectivity index (χ4n) is 1.31. The van der Waals surface area contributed by atoms with Crippen molar-refractivity contribution in [2.75, 3.05) is 13.2 Å². The van der Waals surface area contributed by atoms with E-state index in [9.17, 15) is 0 Å². The lowest BCUT2D eigenvalue weighted by atomic mass is 10.2. The lowest BCUT2D eigenvalue weighted by molar-refractivity contribution is 0.0427. The molecule has 1 atom stereocenters. The second-order valence-electron chi connectivity index (χ2n) is 3.95. The van der Waals surface area contributed by atoms with Crippen LogP contribution >= 0.6 is 0 Å². The molecule has 0 amide bonds. The molecule has 0 bridgehead atoms. The van der Waals surface area contributed by atoms with E-state index in [2.05, 4.69) is 12.1 Å². The van der Waals surface area contributed by atoms with Gasteiger partial charge in [-0.2, -0.15) is 0 Å². The number of nitrogens with two attached hydrogens (primary N) is 1. The second kappa shape index (κ2) is 7.55. The molecule has 0 aromatic heterocycles. The fourth-order valence-corrected chi connectivity index (χ4v) is 1.31. The molecule has 1 aromatic carbocycles. The van der Waals surface area contributed by atoms with Crippen molar-refractivity contribution in [1.29, 1.82) is 0 Å². The summed E-state index contributed by atoms with van der Waals surface area (Å²) in [5.41, 5.74) is 6.11. The van der Waals surface area contributed by atoms with Crippen LogP contribution in [0, 0.1) is 0 Å².